The minimum atomic E-state index is -5.00. The molecule has 0 fully saturated rings. The van der Waals surface area contributed by atoms with Crippen molar-refractivity contribution in [2.75, 3.05) is 0 Å². The van der Waals surface area contributed by atoms with Crippen LogP contribution >= 0.6 is 46.4 Å². The molecule has 12 heteroatoms. The molecule has 0 aliphatic carbocycles. The predicted molar refractivity (Wildman–Crippen MR) is 74.3 cm³/mol. The Balaban J connectivity index is 3.23. The monoisotopic (exact) mass is 403 g/mol. The van der Waals surface area contributed by atoms with Crippen molar-refractivity contribution < 1.29 is 25.9 Å². The van der Waals surface area contributed by atoms with E-state index in [4.69, 9.17) is 46.4 Å². The van der Waals surface area contributed by atoms with E-state index in [2.05, 4.69) is 9.44 Å². The normalized spacial score (nSPS) is 14.1. The lowest BCUT2D eigenvalue weighted by atomic mass is 10.1. The van der Waals surface area contributed by atoms with Gasteiger partial charge < -0.3 is 0 Å². The van der Waals surface area contributed by atoms with Crippen LogP contribution < -0.4 is 0 Å². The molecular formula is C9H4Cl4F3NO3S. The van der Waals surface area contributed by atoms with E-state index in [1.165, 1.54) is 0 Å². The molecule has 1 rings (SSSR count). The van der Waals surface area contributed by atoms with E-state index in [1.54, 1.807) is 0 Å². The minimum Gasteiger partial charge on any atom is -0.265 e. The third-order valence-corrected chi connectivity index (χ3v) is 4.69. The molecule has 0 saturated carbocycles. The molecule has 0 saturated heterocycles. The van der Waals surface area contributed by atoms with Gasteiger partial charge in [0.05, 0.1) is 0 Å². The largest absolute Gasteiger partial charge is 0.437 e. The molecular weight excluding hydrogens is 401 g/mol. The molecule has 0 heterocycles. The Labute approximate surface area is 137 Å². The van der Waals surface area contributed by atoms with Gasteiger partial charge in [-0.25, -0.2) is 0 Å². The average molecular weight is 405 g/mol. The number of hydrogen-bond donors (Lipinski definition) is 0. The van der Waals surface area contributed by atoms with Crippen molar-refractivity contribution in [3.8, 4) is 0 Å². The van der Waals surface area contributed by atoms with Crippen molar-refractivity contribution in [1.29, 1.82) is 0 Å². The third kappa shape index (κ3) is 5.07. The maximum absolute atomic E-state index is 12.8. The van der Waals surface area contributed by atoms with Crippen LogP contribution in [0.1, 0.15) is 5.56 Å². The van der Waals surface area contributed by atoms with Gasteiger partial charge in [-0.2, -0.15) is 21.6 Å². The van der Waals surface area contributed by atoms with Crippen LogP contribution in [0.4, 0.5) is 13.2 Å². The van der Waals surface area contributed by atoms with E-state index < -0.39 is 30.7 Å². The fraction of sp³-hybridized carbons (Fsp3) is 0.222. The number of rotatable bonds is 3. The zero-order chi connectivity index (χ0) is 16.5. The van der Waals surface area contributed by atoms with Gasteiger partial charge in [-0.1, -0.05) is 63.7 Å². The highest BCUT2D eigenvalue weighted by atomic mass is 35.6. The van der Waals surface area contributed by atoms with Crippen LogP contribution in [0.15, 0.2) is 29.4 Å². The molecule has 1 aromatic carbocycles. The van der Waals surface area contributed by atoms with E-state index in [0.29, 0.717) is 0 Å². The predicted octanol–water partition coefficient (Wildman–Crippen LogP) is 4.28. The van der Waals surface area contributed by atoms with Gasteiger partial charge in [0.25, 0.3) is 0 Å². The summed E-state index contributed by atoms with van der Waals surface area (Å²) in [7, 11) is -4.99. The lowest BCUT2D eigenvalue weighted by molar-refractivity contribution is -0.0597. The van der Waals surface area contributed by atoms with Crippen LogP contribution in [0.25, 0.3) is 0 Å². The van der Waals surface area contributed by atoms with E-state index in [9.17, 15) is 21.6 Å². The summed E-state index contributed by atoms with van der Waals surface area (Å²) < 4.78 is 61.8. The Kier molecular flexibility index (Phi) is 5.66. The fourth-order valence-electron chi connectivity index (χ4n) is 1.00. The molecule has 0 radical (unpaired) electrons. The highest BCUT2D eigenvalue weighted by Gasteiger charge is 2.43. The van der Waals surface area contributed by atoms with Gasteiger partial charge >= 0.3 is 19.4 Å². The first kappa shape index (κ1) is 18.6. The summed E-state index contributed by atoms with van der Waals surface area (Å²) in [6.07, 6.45) is -5.00. The minimum absolute atomic E-state index is 0.176. The molecule has 118 valence electrons. The lowest BCUT2D eigenvalue weighted by Crippen LogP contribution is -2.27. The molecule has 0 aliphatic heterocycles. The molecule has 21 heavy (non-hydrogen) atoms. The van der Waals surface area contributed by atoms with Crippen LogP contribution in [-0.2, 0) is 14.4 Å². The maximum atomic E-state index is 12.8. The Morgan fingerprint density at radius 1 is 1.10 bits per heavy atom. The van der Waals surface area contributed by atoms with Gasteiger partial charge in [-0.15, -0.1) is 0 Å². The molecule has 0 N–H and O–H groups in total. The zero-order valence-corrected chi connectivity index (χ0v) is 13.4. The summed E-state index contributed by atoms with van der Waals surface area (Å²) in [6.45, 7) is 0. The second-order valence-electron chi connectivity index (χ2n) is 3.42. The summed E-state index contributed by atoms with van der Waals surface area (Å²) in [5.41, 5.74) is -2.11. The van der Waals surface area contributed by atoms with Crippen molar-refractivity contribution >= 4 is 62.2 Å². The van der Waals surface area contributed by atoms with Crippen molar-refractivity contribution in [1.82, 2.24) is 0 Å². The second-order valence-corrected chi connectivity index (χ2v) is 8.48. The van der Waals surface area contributed by atoms with E-state index in [1.807, 2.05) is 0 Å². The second kappa shape index (κ2) is 6.37. The van der Waals surface area contributed by atoms with E-state index in [-0.39, 0.29) is 5.02 Å². The molecule has 0 atom stereocenters. The molecule has 1 aromatic rings. The third-order valence-electron chi connectivity index (χ3n) is 1.90. The lowest BCUT2D eigenvalue weighted by Gasteiger charge is -2.12. The standard InChI is InChI=1S/C9H4Cl4F3NO3S/c10-6-3-1-5(2-4-6)7(8(14,15)16)17-20-21(18,19)9(11,12)13/h1-4H/b17-7-. The number of oxime groups is 1. The van der Waals surface area contributed by atoms with Crippen molar-refractivity contribution in [2.45, 2.75) is 9.30 Å². The van der Waals surface area contributed by atoms with Gasteiger partial charge in [0.15, 0.2) is 5.71 Å². The summed E-state index contributed by atoms with van der Waals surface area (Å²) in [5.74, 6) is 0. The average Bonchev–Trinajstić information content (AvgIpc) is 2.28. The highest BCUT2D eigenvalue weighted by molar-refractivity contribution is 7.92. The Morgan fingerprint density at radius 2 is 1.57 bits per heavy atom. The van der Waals surface area contributed by atoms with E-state index in [0.717, 1.165) is 24.3 Å². The maximum Gasteiger partial charge on any atom is 0.437 e. The van der Waals surface area contributed by atoms with Crippen LogP contribution in [0.2, 0.25) is 5.02 Å². The fourth-order valence-corrected chi connectivity index (χ4v) is 1.64. The van der Waals surface area contributed by atoms with Gasteiger partial charge in [0, 0.05) is 10.6 Å². The van der Waals surface area contributed by atoms with Crippen molar-refractivity contribution in [2.24, 2.45) is 5.16 Å². The smallest absolute Gasteiger partial charge is 0.265 e. The Morgan fingerprint density at radius 3 is 1.95 bits per heavy atom. The zero-order valence-electron chi connectivity index (χ0n) is 9.54. The molecule has 0 amide bonds. The first-order valence-electron chi connectivity index (χ1n) is 4.75. The summed E-state index contributed by atoms with van der Waals surface area (Å²) in [6, 6.07) is 4.25. The first-order chi connectivity index (χ1) is 9.34. The van der Waals surface area contributed by atoms with Crippen LogP contribution in [0, 0.1) is 0 Å². The number of benzene rings is 1. The van der Waals surface area contributed by atoms with Crippen LogP contribution in [0.5, 0.6) is 0 Å². The summed E-state index contributed by atoms with van der Waals surface area (Å²) >= 11 is 20.7. The molecule has 0 aliphatic rings. The molecule has 0 aromatic heterocycles. The highest BCUT2D eigenvalue weighted by Crippen LogP contribution is 2.34. The number of halogens is 7. The van der Waals surface area contributed by atoms with Crippen LogP contribution in [0.3, 0.4) is 0 Å². The van der Waals surface area contributed by atoms with Gasteiger partial charge in [0.1, 0.15) is 0 Å². The van der Waals surface area contributed by atoms with Gasteiger partial charge in [-0.3, -0.25) is 4.28 Å². The number of nitrogens with zero attached hydrogens (tertiary/aromatic N) is 1. The molecule has 0 unspecified atom stereocenters. The molecule has 4 nitrogen and oxygen atoms in total. The molecule has 0 spiro atoms. The number of alkyl halides is 6. The topological polar surface area (TPSA) is 55.7 Å². The van der Waals surface area contributed by atoms with Crippen molar-refractivity contribution in [3.05, 3.63) is 34.9 Å². The Bertz CT molecular complexity index is 638. The quantitative estimate of drug-likeness (QED) is 0.429. The number of hydrogen-bond acceptors (Lipinski definition) is 4. The van der Waals surface area contributed by atoms with Crippen LogP contribution in [-0.4, -0.2) is 23.4 Å². The van der Waals surface area contributed by atoms with Gasteiger partial charge in [-0.05, 0) is 12.1 Å². The first-order valence-corrected chi connectivity index (χ1v) is 7.67. The summed E-state index contributed by atoms with van der Waals surface area (Å²) in [4.78, 5) is 0. The summed E-state index contributed by atoms with van der Waals surface area (Å²) in [5, 5.41) is 2.72. The van der Waals surface area contributed by atoms with Crippen molar-refractivity contribution in [3.63, 3.8) is 0 Å². The van der Waals surface area contributed by atoms with Gasteiger partial charge in [0.2, 0.25) is 0 Å². The van der Waals surface area contributed by atoms with E-state index >= 15 is 0 Å². The molecule has 0 bridgehead atoms. The Hall–Kier alpha value is -0.410. The SMILES string of the molecule is O=S(=O)(O/N=C(/c1ccc(Cl)cc1)C(F)(F)F)C(Cl)(Cl)Cl.